The van der Waals surface area contributed by atoms with Gasteiger partial charge in [0.25, 0.3) is 5.19 Å². The largest absolute Gasteiger partial charge is 0.496 e. The zero-order chi connectivity index (χ0) is 25.4. The van der Waals surface area contributed by atoms with E-state index < -0.39 is 0 Å². The van der Waals surface area contributed by atoms with Crippen LogP contribution in [0.3, 0.4) is 0 Å². The maximum Gasteiger partial charge on any atom is 0.294 e. The van der Waals surface area contributed by atoms with Crippen molar-refractivity contribution < 1.29 is 18.6 Å². The summed E-state index contributed by atoms with van der Waals surface area (Å²) < 4.78 is 24.9. The molecule has 5 aromatic rings. The molecule has 0 amide bonds. The SMILES string of the molecule is COc1cc(OC[C@H]2CCCN(c3ccc(C#N)cc3)C2)c2cc(-c3cn4nc(OC)sc4n3)oc2c1. The first-order valence-electron chi connectivity index (χ1n) is 12.0. The second-order valence-corrected chi connectivity index (χ2v) is 9.92. The Morgan fingerprint density at radius 3 is 2.78 bits per heavy atom. The number of hydrogen-bond donors (Lipinski definition) is 0. The number of furan rings is 1. The summed E-state index contributed by atoms with van der Waals surface area (Å²) in [6.45, 7) is 2.48. The van der Waals surface area contributed by atoms with Crippen LogP contribution < -0.4 is 19.1 Å². The summed E-state index contributed by atoms with van der Waals surface area (Å²) in [5.41, 5.74) is 3.18. The van der Waals surface area contributed by atoms with Crippen molar-refractivity contribution in [2.45, 2.75) is 12.8 Å². The normalized spacial score (nSPS) is 15.7. The van der Waals surface area contributed by atoms with Crippen molar-refractivity contribution in [1.29, 1.82) is 5.26 Å². The van der Waals surface area contributed by atoms with E-state index in [9.17, 15) is 0 Å². The molecule has 1 fully saturated rings. The van der Waals surface area contributed by atoms with Crippen LogP contribution in [0.5, 0.6) is 16.7 Å². The van der Waals surface area contributed by atoms with Gasteiger partial charge in [-0.3, -0.25) is 0 Å². The summed E-state index contributed by atoms with van der Waals surface area (Å²) in [7, 11) is 3.22. The molecule has 9 nitrogen and oxygen atoms in total. The van der Waals surface area contributed by atoms with E-state index in [0.29, 0.717) is 46.1 Å². The zero-order valence-electron chi connectivity index (χ0n) is 20.5. The summed E-state index contributed by atoms with van der Waals surface area (Å²) in [6, 6.07) is 15.7. The Labute approximate surface area is 217 Å². The molecule has 37 heavy (non-hydrogen) atoms. The van der Waals surface area contributed by atoms with Crippen LogP contribution in [-0.2, 0) is 0 Å². The summed E-state index contributed by atoms with van der Waals surface area (Å²) in [5, 5.41) is 14.8. The summed E-state index contributed by atoms with van der Waals surface area (Å²) >= 11 is 1.37. The molecule has 1 aliphatic heterocycles. The number of ether oxygens (including phenoxy) is 3. The highest BCUT2D eigenvalue weighted by Crippen LogP contribution is 2.38. The Balaban J connectivity index is 1.22. The number of aromatic nitrogens is 3. The maximum absolute atomic E-state index is 9.07. The molecule has 4 heterocycles. The summed E-state index contributed by atoms with van der Waals surface area (Å²) in [4.78, 5) is 7.73. The highest BCUT2D eigenvalue weighted by molar-refractivity contribution is 7.18. The van der Waals surface area contributed by atoms with E-state index >= 15 is 0 Å². The van der Waals surface area contributed by atoms with E-state index in [2.05, 4.69) is 21.1 Å². The first-order valence-corrected chi connectivity index (χ1v) is 12.8. The number of anilines is 1. The predicted molar refractivity (Wildman–Crippen MR) is 141 cm³/mol. The fourth-order valence-electron chi connectivity index (χ4n) is 4.72. The standard InChI is InChI=1S/C27H25N5O4S/c1-33-20-10-23(35-16-18-4-3-9-31(14-18)19-7-5-17(13-28)6-8-19)21-12-25(36-24(21)11-20)22-15-32-26(29-22)37-27(30-32)34-2/h5-8,10-12,15,18H,3-4,9,14,16H2,1-2H3/t18-/m0/s1. The van der Waals surface area contributed by atoms with Crippen LogP contribution in [0.1, 0.15) is 18.4 Å². The minimum Gasteiger partial charge on any atom is -0.496 e. The van der Waals surface area contributed by atoms with Gasteiger partial charge in [-0.1, -0.05) is 0 Å². The second kappa shape index (κ2) is 9.67. The van der Waals surface area contributed by atoms with E-state index in [1.807, 2.05) is 48.7 Å². The molecule has 1 atom stereocenters. The summed E-state index contributed by atoms with van der Waals surface area (Å²) in [6.07, 6.45) is 4.01. The smallest absolute Gasteiger partial charge is 0.294 e. The lowest BCUT2D eigenvalue weighted by Crippen LogP contribution is -2.37. The molecule has 0 radical (unpaired) electrons. The first kappa shape index (κ1) is 23.2. The molecule has 2 aromatic carbocycles. The van der Waals surface area contributed by atoms with Crippen LogP contribution in [-0.4, -0.2) is 48.5 Å². The van der Waals surface area contributed by atoms with Gasteiger partial charge >= 0.3 is 0 Å². The molecule has 1 saturated heterocycles. The zero-order valence-corrected chi connectivity index (χ0v) is 21.3. The molecule has 10 heteroatoms. The lowest BCUT2D eigenvalue weighted by atomic mass is 9.98. The van der Waals surface area contributed by atoms with Gasteiger partial charge in [-0.2, -0.15) is 5.26 Å². The monoisotopic (exact) mass is 515 g/mol. The van der Waals surface area contributed by atoms with Crippen molar-refractivity contribution in [1.82, 2.24) is 14.6 Å². The minimum atomic E-state index is 0.373. The van der Waals surface area contributed by atoms with Crippen molar-refractivity contribution >= 4 is 33.0 Å². The van der Waals surface area contributed by atoms with Crippen molar-refractivity contribution in [2.24, 2.45) is 5.92 Å². The third-order valence-electron chi connectivity index (χ3n) is 6.62. The highest BCUT2D eigenvalue weighted by Gasteiger charge is 2.22. The highest BCUT2D eigenvalue weighted by atomic mass is 32.1. The fourth-order valence-corrected chi connectivity index (χ4v) is 5.42. The number of hydrogen-bond acceptors (Lipinski definition) is 9. The first-order chi connectivity index (χ1) is 18.1. The van der Waals surface area contributed by atoms with Gasteiger partial charge in [0.15, 0.2) is 5.76 Å². The molecule has 0 bridgehead atoms. The molecule has 0 spiro atoms. The van der Waals surface area contributed by atoms with E-state index in [1.165, 1.54) is 11.3 Å². The Bertz CT molecular complexity index is 1570. The lowest BCUT2D eigenvalue weighted by Gasteiger charge is -2.34. The molecule has 0 saturated carbocycles. The van der Waals surface area contributed by atoms with Gasteiger partial charge in [-0.15, -0.1) is 5.10 Å². The predicted octanol–water partition coefficient (Wildman–Crippen LogP) is 5.39. The third kappa shape index (κ3) is 4.54. The molecule has 0 unspecified atom stereocenters. The van der Waals surface area contributed by atoms with E-state index in [4.69, 9.17) is 23.9 Å². The minimum absolute atomic E-state index is 0.373. The number of rotatable bonds is 7. The van der Waals surface area contributed by atoms with Gasteiger partial charge in [0, 0.05) is 36.8 Å². The van der Waals surface area contributed by atoms with Gasteiger partial charge in [-0.05, 0) is 54.5 Å². The Hall–Kier alpha value is -4.23. The van der Waals surface area contributed by atoms with Crippen LogP contribution >= 0.6 is 11.3 Å². The van der Waals surface area contributed by atoms with Gasteiger partial charge in [0.05, 0.1) is 44.0 Å². The number of nitriles is 1. The lowest BCUT2D eigenvalue weighted by molar-refractivity contribution is 0.230. The van der Waals surface area contributed by atoms with Crippen molar-refractivity contribution in [3.05, 3.63) is 54.2 Å². The third-order valence-corrected chi connectivity index (χ3v) is 7.50. The van der Waals surface area contributed by atoms with E-state index in [0.717, 1.165) is 47.7 Å². The van der Waals surface area contributed by atoms with E-state index in [1.54, 1.807) is 18.7 Å². The van der Waals surface area contributed by atoms with Gasteiger partial charge in [0.2, 0.25) is 4.96 Å². The number of methoxy groups -OCH3 is 2. The number of benzene rings is 2. The van der Waals surface area contributed by atoms with Crippen LogP contribution in [0.15, 0.2) is 53.1 Å². The summed E-state index contributed by atoms with van der Waals surface area (Å²) in [5.74, 6) is 2.40. The number of nitrogens with zero attached hydrogens (tertiary/aromatic N) is 5. The van der Waals surface area contributed by atoms with Gasteiger partial charge in [0.1, 0.15) is 22.8 Å². The van der Waals surface area contributed by atoms with Gasteiger partial charge in [-0.25, -0.2) is 9.50 Å². The molecular formula is C27H25N5O4S. The molecule has 3 aromatic heterocycles. The Kier molecular flexibility index (Phi) is 6.06. The molecule has 188 valence electrons. The number of piperidine rings is 1. The number of imidazole rings is 1. The number of fused-ring (bicyclic) bond motifs is 2. The molecule has 1 aliphatic rings. The molecule has 0 aliphatic carbocycles. The Morgan fingerprint density at radius 2 is 2.03 bits per heavy atom. The second-order valence-electron chi connectivity index (χ2n) is 9.00. The fraction of sp³-hybridized carbons (Fsp3) is 0.296. The average Bonchev–Trinajstić information content (AvgIpc) is 3.65. The molecular weight excluding hydrogens is 490 g/mol. The average molecular weight is 516 g/mol. The quantitative estimate of drug-likeness (QED) is 0.285. The maximum atomic E-state index is 9.07. The molecule has 0 N–H and O–H groups in total. The van der Waals surface area contributed by atoms with E-state index in [-0.39, 0.29) is 0 Å². The van der Waals surface area contributed by atoms with Crippen molar-refractivity contribution in [3.63, 3.8) is 0 Å². The van der Waals surface area contributed by atoms with Crippen molar-refractivity contribution in [2.75, 3.05) is 38.8 Å². The topological polar surface area (TPSA) is 98.1 Å². The van der Waals surface area contributed by atoms with Crippen LogP contribution in [0.25, 0.3) is 27.4 Å². The van der Waals surface area contributed by atoms with Crippen molar-refractivity contribution in [3.8, 4) is 34.2 Å². The molecule has 6 rings (SSSR count). The van der Waals surface area contributed by atoms with Crippen LogP contribution in [0.2, 0.25) is 0 Å². The van der Waals surface area contributed by atoms with Crippen LogP contribution in [0.4, 0.5) is 5.69 Å². The van der Waals surface area contributed by atoms with Gasteiger partial charge < -0.3 is 23.5 Å². The van der Waals surface area contributed by atoms with Crippen LogP contribution in [0, 0.1) is 17.2 Å². The Morgan fingerprint density at radius 1 is 1.16 bits per heavy atom.